The number of likely N-dealkylation sites (N-methyl/N-ethyl adjacent to an activating group) is 4. The van der Waals surface area contributed by atoms with Gasteiger partial charge in [0.1, 0.15) is 0 Å². The first-order valence-electron chi connectivity index (χ1n) is 8.72. The summed E-state index contributed by atoms with van der Waals surface area (Å²) in [5.41, 5.74) is 0. The van der Waals surface area contributed by atoms with Crippen LogP contribution in [0.5, 0.6) is 0 Å². The third kappa shape index (κ3) is 6.67. The van der Waals surface area contributed by atoms with E-state index >= 15 is 0 Å². The van der Waals surface area contributed by atoms with Crippen molar-refractivity contribution in [1.29, 1.82) is 0 Å². The molecule has 23 heavy (non-hydrogen) atoms. The van der Waals surface area contributed by atoms with Crippen molar-refractivity contribution in [2.75, 3.05) is 56.4 Å². The Labute approximate surface area is 145 Å². The summed E-state index contributed by atoms with van der Waals surface area (Å²) in [4.78, 5) is 9.09. The van der Waals surface area contributed by atoms with Gasteiger partial charge in [-0.05, 0) is 84.1 Å². The smallest absolute Gasteiger partial charge is 0.0721 e. The van der Waals surface area contributed by atoms with E-state index in [4.69, 9.17) is 4.74 Å². The largest absolute Gasteiger partial charge is 0.372 e. The topological polar surface area (TPSA) is 22.2 Å². The molecule has 0 heterocycles. The Kier molecular flexibility index (Phi) is 9.86. The van der Waals surface area contributed by atoms with Gasteiger partial charge in [0.15, 0.2) is 0 Å². The van der Waals surface area contributed by atoms with E-state index in [2.05, 4.69) is 104 Å². The predicted molar refractivity (Wildman–Crippen MR) is 101 cm³/mol. The summed E-state index contributed by atoms with van der Waals surface area (Å²) in [6, 6.07) is 1.56. The van der Waals surface area contributed by atoms with Gasteiger partial charge in [-0.2, -0.15) is 0 Å². The molecule has 0 rings (SSSR count). The molecular weight excluding hydrogens is 288 g/mol. The normalized spacial score (nSPS) is 20.9. The maximum absolute atomic E-state index is 6.50. The first kappa shape index (κ1) is 22.8. The lowest BCUT2D eigenvalue weighted by Gasteiger charge is -2.42. The molecular formula is C18H42N4O. The zero-order valence-corrected chi connectivity index (χ0v) is 17.7. The molecule has 0 radical (unpaired) electrons. The van der Waals surface area contributed by atoms with Gasteiger partial charge in [0.05, 0.1) is 24.3 Å². The van der Waals surface area contributed by atoms with Gasteiger partial charge in [-0.3, -0.25) is 0 Å². The SMILES string of the molecule is CC(OC(C)C(C(C)N(C)C)N(C)C)C(C(C)N(C)C)N(C)C. The average Bonchev–Trinajstić information content (AvgIpc) is 2.37. The molecule has 0 aromatic heterocycles. The van der Waals surface area contributed by atoms with Gasteiger partial charge < -0.3 is 24.3 Å². The molecule has 6 atom stereocenters. The maximum atomic E-state index is 6.50. The molecule has 0 N–H and O–H groups in total. The highest BCUT2D eigenvalue weighted by molar-refractivity contribution is 4.88. The van der Waals surface area contributed by atoms with Crippen LogP contribution in [0, 0.1) is 0 Å². The lowest BCUT2D eigenvalue weighted by molar-refractivity contribution is -0.0856. The van der Waals surface area contributed by atoms with Crippen LogP contribution in [-0.2, 0) is 4.74 Å². The van der Waals surface area contributed by atoms with Crippen molar-refractivity contribution in [3.8, 4) is 0 Å². The first-order valence-corrected chi connectivity index (χ1v) is 8.72. The zero-order chi connectivity index (χ0) is 18.5. The van der Waals surface area contributed by atoms with Crippen molar-refractivity contribution in [2.45, 2.75) is 64.1 Å². The van der Waals surface area contributed by atoms with Gasteiger partial charge in [-0.1, -0.05) is 0 Å². The molecule has 0 aromatic carbocycles. The lowest BCUT2D eigenvalue weighted by Crippen LogP contribution is -2.56. The molecule has 0 aliphatic rings. The van der Waals surface area contributed by atoms with E-state index < -0.39 is 0 Å². The van der Waals surface area contributed by atoms with Gasteiger partial charge in [0.2, 0.25) is 0 Å². The number of nitrogens with zero attached hydrogens (tertiary/aromatic N) is 4. The average molecular weight is 331 g/mol. The van der Waals surface area contributed by atoms with Crippen LogP contribution in [0.15, 0.2) is 0 Å². The van der Waals surface area contributed by atoms with Crippen molar-refractivity contribution >= 4 is 0 Å². The van der Waals surface area contributed by atoms with E-state index in [0.29, 0.717) is 24.2 Å². The van der Waals surface area contributed by atoms with Crippen LogP contribution in [0.4, 0.5) is 0 Å². The highest BCUT2D eigenvalue weighted by Crippen LogP contribution is 2.19. The van der Waals surface area contributed by atoms with E-state index in [0.717, 1.165) is 0 Å². The lowest BCUT2D eigenvalue weighted by atomic mass is 10.00. The number of ether oxygens (including phenoxy) is 1. The Morgan fingerprint density at radius 1 is 0.478 bits per heavy atom. The second kappa shape index (κ2) is 9.94. The van der Waals surface area contributed by atoms with Crippen molar-refractivity contribution in [3.63, 3.8) is 0 Å². The summed E-state index contributed by atoms with van der Waals surface area (Å²) in [6.45, 7) is 8.94. The van der Waals surface area contributed by atoms with E-state index in [-0.39, 0.29) is 12.2 Å². The molecule has 0 saturated heterocycles. The van der Waals surface area contributed by atoms with Crippen LogP contribution in [0.1, 0.15) is 27.7 Å². The van der Waals surface area contributed by atoms with E-state index in [1.54, 1.807) is 0 Å². The van der Waals surface area contributed by atoms with Crippen molar-refractivity contribution in [1.82, 2.24) is 19.6 Å². The Morgan fingerprint density at radius 2 is 0.739 bits per heavy atom. The van der Waals surface area contributed by atoms with Crippen LogP contribution in [-0.4, -0.2) is 112 Å². The fraction of sp³-hybridized carbons (Fsp3) is 1.00. The van der Waals surface area contributed by atoms with Gasteiger partial charge in [0.25, 0.3) is 0 Å². The molecule has 0 aliphatic carbocycles. The van der Waals surface area contributed by atoms with Gasteiger partial charge in [-0.25, -0.2) is 0 Å². The highest BCUT2D eigenvalue weighted by atomic mass is 16.5. The minimum Gasteiger partial charge on any atom is -0.372 e. The fourth-order valence-corrected chi connectivity index (χ4v) is 3.60. The molecule has 140 valence electrons. The number of hydrogen-bond donors (Lipinski definition) is 0. The van der Waals surface area contributed by atoms with Gasteiger partial charge in [-0.15, -0.1) is 0 Å². The van der Waals surface area contributed by atoms with Crippen molar-refractivity contribution in [3.05, 3.63) is 0 Å². The van der Waals surface area contributed by atoms with Crippen molar-refractivity contribution in [2.24, 2.45) is 0 Å². The number of rotatable bonds is 10. The number of hydrogen-bond acceptors (Lipinski definition) is 5. The molecule has 5 heteroatoms. The first-order chi connectivity index (χ1) is 10.4. The second-order valence-corrected chi connectivity index (χ2v) is 7.86. The van der Waals surface area contributed by atoms with Gasteiger partial charge >= 0.3 is 0 Å². The maximum Gasteiger partial charge on any atom is 0.0721 e. The Hall–Kier alpha value is -0.200. The molecule has 0 fully saturated rings. The highest BCUT2D eigenvalue weighted by Gasteiger charge is 2.33. The van der Waals surface area contributed by atoms with E-state index in [1.807, 2.05) is 0 Å². The van der Waals surface area contributed by atoms with Crippen LogP contribution in [0.2, 0.25) is 0 Å². The fourth-order valence-electron chi connectivity index (χ4n) is 3.60. The molecule has 0 saturated carbocycles. The molecule has 0 amide bonds. The second-order valence-electron chi connectivity index (χ2n) is 7.86. The van der Waals surface area contributed by atoms with E-state index in [9.17, 15) is 0 Å². The summed E-state index contributed by atoms with van der Waals surface area (Å²) in [5, 5.41) is 0. The molecule has 6 unspecified atom stereocenters. The Bertz CT molecular complexity index is 290. The summed E-state index contributed by atoms with van der Waals surface area (Å²) < 4.78 is 6.50. The summed E-state index contributed by atoms with van der Waals surface area (Å²) in [6.07, 6.45) is 0.323. The standard InChI is InChI=1S/C18H42N4O/c1-13(19(5)6)17(21(9)10)15(3)23-16(4)18(22(11)12)14(2)20(7)8/h13-18H,1-12H3. The quantitative estimate of drug-likeness (QED) is 0.604. The molecule has 5 nitrogen and oxygen atoms in total. The third-order valence-corrected chi connectivity index (χ3v) is 5.20. The summed E-state index contributed by atoms with van der Waals surface area (Å²) in [7, 11) is 17.1. The summed E-state index contributed by atoms with van der Waals surface area (Å²) >= 11 is 0. The minimum absolute atomic E-state index is 0.161. The monoisotopic (exact) mass is 330 g/mol. The van der Waals surface area contributed by atoms with E-state index in [1.165, 1.54) is 0 Å². The van der Waals surface area contributed by atoms with Gasteiger partial charge in [0, 0.05) is 12.1 Å². The molecule has 0 bridgehead atoms. The van der Waals surface area contributed by atoms with Crippen LogP contribution < -0.4 is 0 Å². The summed E-state index contributed by atoms with van der Waals surface area (Å²) in [5.74, 6) is 0. The Morgan fingerprint density at radius 3 is 0.913 bits per heavy atom. The van der Waals surface area contributed by atoms with Crippen LogP contribution in [0.3, 0.4) is 0 Å². The molecule has 0 aliphatic heterocycles. The minimum atomic E-state index is 0.161. The Balaban J connectivity index is 5.10. The third-order valence-electron chi connectivity index (χ3n) is 5.20. The molecule has 0 aromatic rings. The molecule has 0 spiro atoms. The van der Waals surface area contributed by atoms with Crippen molar-refractivity contribution < 1.29 is 4.74 Å². The van der Waals surface area contributed by atoms with Crippen LogP contribution >= 0.6 is 0 Å². The zero-order valence-electron chi connectivity index (χ0n) is 17.7. The van der Waals surface area contributed by atoms with Crippen LogP contribution in [0.25, 0.3) is 0 Å². The predicted octanol–water partition coefficient (Wildman–Crippen LogP) is 1.54.